The van der Waals surface area contributed by atoms with Gasteiger partial charge in [0.15, 0.2) is 0 Å². The van der Waals surface area contributed by atoms with Gasteiger partial charge in [0.25, 0.3) is 5.91 Å². The lowest BCUT2D eigenvalue weighted by Gasteiger charge is -2.39. The SMILES string of the molecule is CCCN(CCC)CC(=O)N1CCC2(CCN(C(=O)c3cc(Cl)nc(OC)c3)CC2)C1. The molecule has 3 rings (SSSR count). The molecule has 2 aliphatic rings. The first-order valence-electron chi connectivity index (χ1n) is 11.4. The Bertz CT molecular complexity index is 774. The zero-order chi connectivity index (χ0) is 22.4. The van der Waals surface area contributed by atoms with Gasteiger partial charge < -0.3 is 14.5 Å². The Morgan fingerprint density at radius 3 is 2.29 bits per heavy atom. The number of ether oxygens (including phenoxy) is 1. The smallest absolute Gasteiger partial charge is 0.254 e. The summed E-state index contributed by atoms with van der Waals surface area (Å²) in [6.45, 7) is 9.81. The second-order valence-corrected chi connectivity index (χ2v) is 9.24. The molecule has 0 bridgehead atoms. The molecule has 2 fully saturated rings. The van der Waals surface area contributed by atoms with Gasteiger partial charge in [0.2, 0.25) is 11.8 Å². The highest BCUT2D eigenvalue weighted by molar-refractivity contribution is 6.29. The molecule has 3 heterocycles. The van der Waals surface area contributed by atoms with Gasteiger partial charge >= 0.3 is 0 Å². The molecule has 0 N–H and O–H groups in total. The van der Waals surface area contributed by atoms with E-state index in [0.29, 0.717) is 31.1 Å². The summed E-state index contributed by atoms with van der Waals surface area (Å²) in [5, 5.41) is 0.251. The van der Waals surface area contributed by atoms with Crippen molar-refractivity contribution in [3.63, 3.8) is 0 Å². The van der Waals surface area contributed by atoms with Gasteiger partial charge in [0.05, 0.1) is 13.7 Å². The van der Waals surface area contributed by atoms with Gasteiger partial charge in [0.1, 0.15) is 5.15 Å². The van der Waals surface area contributed by atoms with Crippen LogP contribution in [0.1, 0.15) is 56.3 Å². The molecule has 7 nitrogen and oxygen atoms in total. The Kier molecular flexibility index (Phi) is 8.17. The lowest BCUT2D eigenvalue weighted by Crippen LogP contribution is -2.45. The maximum Gasteiger partial charge on any atom is 0.254 e. The van der Waals surface area contributed by atoms with Crippen molar-refractivity contribution in [3.8, 4) is 5.88 Å². The minimum atomic E-state index is -0.0434. The van der Waals surface area contributed by atoms with E-state index in [1.54, 1.807) is 12.1 Å². The number of halogens is 1. The van der Waals surface area contributed by atoms with Crippen LogP contribution in [0.25, 0.3) is 0 Å². The summed E-state index contributed by atoms with van der Waals surface area (Å²) in [4.78, 5) is 36.1. The Labute approximate surface area is 190 Å². The largest absolute Gasteiger partial charge is 0.481 e. The molecule has 0 unspecified atom stereocenters. The number of methoxy groups -OCH3 is 1. The summed E-state index contributed by atoms with van der Waals surface area (Å²) in [5.74, 6) is 0.545. The predicted octanol–water partition coefficient (Wildman–Crippen LogP) is 3.32. The van der Waals surface area contributed by atoms with E-state index in [1.807, 2.05) is 9.80 Å². The lowest BCUT2D eigenvalue weighted by molar-refractivity contribution is -0.132. The topological polar surface area (TPSA) is 66.0 Å². The van der Waals surface area contributed by atoms with E-state index in [1.165, 1.54) is 7.11 Å². The number of pyridine rings is 1. The first-order valence-corrected chi connectivity index (χ1v) is 11.8. The molecule has 0 saturated carbocycles. The number of carbonyl (C=O) groups excluding carboxylic acids is 2. The number of carbonyl (C=O) groups is 2. The van der Waals surface area contributed by atoms with Crippen LogP contribution in [0.4, 0.5) is 0 Å². The molecular weight excluding hydrogens is 416 g/mol. The third kappa shape index (κ3) is 5.89. The summed E-state index contributed by atoms with van der Waals surface area (Å²) in [6.07, 6.45) is 5.00. The molecule has 0 aromatic carbocycles. The van der Waals surface area contributed by atoms with Crippen LogP contribution in [0.2, 0.25) is 5.15 Å². The Morgan fingerprint density at radius 1 is 1.10 bits per heavy atom. The highest BCUT2D eigenvalue weighted by Gasteiger charge is 2.42. The maximum absolute atomic E-state index is 13.0. The molecule has 0 radical (unpaired) electrons. The van der Waals surface area contributed by atoms with Gasteiger partial charge in [0, 0.05) is 37.8 Å². The molecule has 31 heavy (non-hydrogen) atoms. The molecular formula is C23H35ClN4O3. The van der Waals surface area contributed by atoms with Crippen LogP contribution in [0.5, 0.6) is 5.88 Å². The monoisotopic (exact) mass is 450 g/mol. The zero-order valence-electron chi connectivity index (χ0n) is 19.0. The fraction of sp³-hybridized carbons (Fsp3) is 0.696. The van der Waals surface area contributed by atoms with Crippen molar-refractivity contribution in [1.82, 2.24) is 19.7 Å². The number of rotatable bonds is 8. The highest BCUT2D eigenvalue weighted by Crippen LogP contribution is 2.40. The van der Waals surface area contributed by atoms with Crippen LogP contribution in [0.15, 0.2) is 12.1 Å². The number of aromatic nitrogens is 1. The summed E-state index contributed by atoms with van der Waals surface area (Å²) in [6, 6.07) is 3.22. The van der Waals surface area contributed by atoms with Crippen LogP contribution >= 0.6 is 11.6 Å². The van der Waals surface area contributed by atoms with Gasteiger partial charge in [-0.25, -0.2) is 4.98 Å². The molecule has 2 aliphatic heterocycles. The average molecular weight is 451 g/mol. The summed E-state index contributed by atoms with van der Waals surface area (Å²) >= 11 is 6.03. The number of hydrogen-bond acceptors (Lipinski definition) is 5. The van der Waals surface area contributed by atoms with Crippen molar-refractivity contribution in [1.29, 1.82) is 0 Å². The molecule has 2 saturated heterocycles. The van der Waals surface area contributed by atoms with E-state index in [-0.39, 0.29) is 22.4 Å². The normalized spacial score (nSPS) is 18.1. The van der Waals surface area contributed by atoms with Crippen LogP contribution in [0.3, 0.4) is 0 Å². The number of hydrogen-bond donors (Lipinski definition) is 0. The Balaban J connectivity index is 1.55. The lowest BCUT2D eigenvalue weighted by atomic mass is 9.77. The maximum atomic E-state index is 13.0. The number of piperidine rings is 1. The van der Waals surface area contributed by atoms with Crippen molar-refractivity contribution < 1.29 is 14.3 Å². The first kappa shape index (κ1) is 23.8. The average Bonchev–Trinajstić information content (AvgIpc) is 3.17. The van der Waals surface area contributed by atoms with Crippen molar-refractivity contribution in [3.05, 3.63) is 22.8 Å². The Hall–Kier alpha value is -1.86. The Morgan fingerprint density at radius 2 is 1.71 bits per heavy atom. The summed E-state index contributed by atoms with van der Waals surface area (Å²) < 4.78 is 5.13. The molecule has 0 atom stereocenters. The molecule has 8 heteroatoms. The fourth-order valence-electron chi connectivity index (χ4n) is 4.82. The second-order valence-electron chi connectivity index (χ2n) is 8.85. The van der Waals surface area contributed by atoms with Crippen molar-refractivity contribution in [2.45, 2.75) is 46.0 Å². The quantitative estimate of drug-likeness (QED) is 0.568. The molecule has 1 spiro atoms. The van der Waals surface area contributed by atoms with Crippen LogP contribution in [-0.4, -0.2) is 84.4 Å². The third-order valence-corrected chi connectivity index (χ3v) is 6.76. The van der Waals surface area contributed by atoms with Crippen LogP contribution < -0.4 is 4.74 Å². The van der Waals surface area contributed by atoms with Crippen molar-refractivity contribution >= 4 is 23.4 Å². The minimum Gasteiger partial charge on any atom is -0.481 e. The third-order valence-electron chi connectivity index (χ3n) is 6.57. The van der Waals surface area contributed by atoms with Gasteiger partial charge in [-0.1, -0.05) is 25.4 Å². The molecule has 0 aliphatic carbocycles. The minimum absolute atomic E-state index is 0.0434. The highest BCUT2D eigenvalue weighted by atomic mass is 35.5. The molecule has 2 amide bonds. The van der Waals surface area contributed by atoms with Crippen LogP contribution in [-0.2, 0) is 4.79 Å². The van der Waals surface area contributed by atoms with Crippen molar-refractivity contribution in [2.75, 3.05) is 52.9 Å². The molecule has 172 valence electrons. The number of nitrogens with zero attached hydrogens (tertiary/aromatic N) is 4. The van der Waals surface area contributed by atoms with Gasteiger partial charge in [-0.15, -0.1) is 0 Å². The fourth-order valence-corrected chi connectivity index (χ4v) is 5.02. The van der Waals surface area contributed by atoms with Gasteiger partial charge in [-0.3, -0.25) is 14.5 Å². The molecule has 1 aromatic heterocycles. The first-order chi connectivity index (χ1) is 14.9. The second kappa shape index (κ2) is 10.6. The number of amides is 2. The summed E-state index contributed by atoms with van der Waals surface area (Å²) in [7, 11) is 1.51. The van der Waals surface area contributed by atoms with E-state index in [2.05, 4.69) is 23.7 Å². The van der Waals surface area contributed by atoms with Gasteiger partial charge in [-0.05, 0) is 56.7 Å². The van der Waals surface area contributed by atoms with Crippen LogP contribution in [0, 0.1) is 5.41 Å². The zero-order valence-corrected chi connectivity index (χ0v) is 19.8. The van der Waals surface area contributed by atoms with E-state index >= 15 is 0 Å². The van der Waals surface area contributed by atoms with Crippen molar-refractivity contribution in [2.24, 2.45) is 5.41 Å². The molecule has 1 aromatic rings. The van der Waals surface area contributed by atoms with E-state index in [9.17, 15) is 9.59 Å². The van der Waals surface area contributed by atoms with Gasteiger partial charge in [-0.2, -0.15) is 0 Å². The summed E-state index contributed by atoms with van der Waals surface area (Å²) in [5.41, 5.74) is 0.642. The number of likely N-dealkylation sites (tertiary alicyclic amines) is 2. The van der Waals surface area contributed by atoms with E-state index in [0.717, 1.165) is 58.3 Å². The van der Waals surface area contributed by atoms with E-state index < -0.39 is 0 Å². The van der Waals surface area contributed by atoms with E-state index in [4.69, 9.17) is 16.3 Å². The predicted molar refractivity (Wildman–Crippen MR) is 122 cm³/mol. The standard InChI is InChI=1S/C23H35ClN4O3/c1-4-9-26(10-5-2)16-21(29)28-13-8-23(17-28)6-11-27(12-7-23)22(30)18-14-19(24)25-20(15-18)31-3/h14-15H,4-13,16-17H2,1-3H3.